The summed E-state index contributed by atoms with van der Waals surface area (Å²) in [6.45, 7) is 8.17. The highest BCUT2D eigenvalue weighted by molar-refractivity contribution is 7.09. The molecule has 0 saturated carbocycles. The maximum atomic E-state index is 6.26. The van der Waals surface area contributed by atoms with Crippen LogP contribution in [0.15, 0.2) is 5.38 Å². The van der Waals surface area contributed by atoms with Gasteiger partial charge in [0.25, 0.3) is 0 Å². The fourth-order valence-electron chi connectivity index (χ4n) is 2.34. The fraction of sp³-hybridized carbons (Fsp3) is 0.769. The minimum atomic E-state index is 0.0511. The van der Waals surface area contributed by atoms with Crippen LogP contribution in [0.2, 0.25) is 0 Å². The molecule has 0 radical (unpaired) electrons. The summed E-state index contributed by atoms with van der Waals surface area (Å²) in [6.07, 6.45) is 2.16. The van der Waals surface area contributed by atoms with E-state index in [2.05, 4.69) is 22.2 Å². The summed E-state index contributed by atoms with van der Waals surface area (Å²) in [5.74, 6) is 0. The average Bonchev–Trinajstić information content (AvgIpc) is 2.75. The Labute approximate surface area is 113 Å². The summed E-state index contributed by atoms with van der Waals surface area (Å²) in [7, 11) is 0. The van der Waals surface area contributed by atoms with Crippen molar-refractivity contribution in [3.8, 4) is 0 Å². The third kappa shape index (κ3) is 3.75. The van der Waals surface area contributed by atoms with E-state index < -0.39 is 0 Å². The molecule has 2 rings (SSSR count). The van der Waals surface area contributed by atoms with E-state index in [4.69, 9.17) is 10.5 Å². The molecule has 4 nitrogen and oxygen atoms in total. The van der Waals surface area contributed by atoms with Crippen LogP contribution in [0, 0.1) is 6.92 Å². The second-order valence-corrected chi connectivity index (χ2v) is 5.90. The number of ether oxygens (including phenoxy) is 1. The molecule has 2 atom stereocenters. The van der Waals surface area contributed by atoms with Gasteiger partial charge in [-0.05, 0) is 19.9 Å². The smallest absolute Gasteiger partial charge is 0.0944 e. The maximum Gasteiger partial charge on any atom is 0.0944 e. The van der Waals surface area contributed by atoms with E-state index in [0.29, 0.717) is 0 Å². The van der Waals surface area contributed by atoms with Crippen molar-refractivity contribution in [3.63, 3.8) is 0 Å². The highest BCUT2D eigenvalue weighted by Gasteiger charge is 2.26. The van der Waals surface area contributed by atoms with Crippen molar-refractivity contribution in [2.75, 3.05) is 26.2 Å². The predicted molar refractivity (Wildman–Crippen MR) is 75.0 cm³/mol. The number of aryl methyl sites for hydroxylation is 1. The van der Waals surface area contributed by atoms with Gasteiger partial charge in [-0.25, -0.2) is 4.98 Å². The van der Waals surface area contributed by atoms with E-state index in [9.17, 15) is 0 Å². The van der Waals surface area contributed by atoms with Crippen LogP contribution in [0.4, 0.5) is 0 Å². The lowest BCUT2D eigenvalue weighted by atomic mass is 10.1. The molecule has 1 aromatic rings. The van der Waals surface area contributed by atoms with Crippen molar-refractivity contribution in [2.45, 2.75) is 38.8 Å². The normalized spacial score (nSPS) is 23.2. The molecule has 102 valence electrons. The molecule has 2 unspecified atom stereocenters. The van der Waals surface area contributed by atoms with Crippen molar-refractivity contribution in [3.05, 3.63) is 16.1 Å². The minimum absolute atomic E-state index is 0.0511. The monoisotopic (exact) mass is 269 g/mol. The molecule has 18 heavy (non-hydrogen) atoms. The molecule has 0 spiro atoms. The second kappa shape index (κ2) is 6.61. The lowest BCUT2D eigenvalue weighted by Gasteiger charge is -2.35. The van der Waals surface area contributed by atoms with Crippen LogP contribution in [0.3, 0.4) is 0 Å². The van der Waals surface area contributed by atoms with Crippen LogP contribution >= 0.6 is 11.3 Å². The third-order valence-corrected chi connectivity index (χ3v) is 4.26. The van der Waals surface area contributed by atoms with Crippen molar-refractivity contribution >= 4 is 11.3 Å². The Bertz CT molecular complexity index is 367. The van der Waals surface area contributed by atoms with Gasteiger partial charge in [0.15, 0.2) is 0 Å². The summed E-state index contributed by atoms with van der Waals surface area (Å²) in [6, 6.07) is 0.0511. The quantitative estimate of drug-likeness (QED) is 0.878. The fourth-order valence-corrected chi connectivity index (χ4v) is 3.18. The number of nitrogens with zero attached hydrogens (tertiary/aromatic N) is 2. The lowest BCUT2D eigenvalue weighted by molar-refractivity contribution is -0.0400. The Kier molecular flexibility index (Phi) is 5.12. The number of rotatable bonds is 5. The zero-order valence-electron chi connectivity index (χ0n) is 11.3. The molecular formula is C13H23N3OS. The van der Waals surface area contributed by atoms with Gasteiger partial charge in [-0.1, -0.05) is 6.92 Å². The number of morpholine rings is 1. The van der Waals surface area contributed by atoms with Crippen LogP contribution in [0.25, 0.3) is 0 Å². The Hall–Kier alpha value is -0.490. The second-order valence-electron chi connectivity index (χ2n) is 4.96. The zero-order valence-corrected chi connectivity index (χ0v) is 12.1. The first-order valence-corrected chi connectivity index (χ1v) is 7.57. The van der Waals surface area contributed by atoms with Gasteiger partial charge in [0.1, 0.15) is 0 Å². The van der Waals surface area contributed by atoms with E-state index in [-0.39, 0.29) is 12.1 Å². The zero-order chi connectivity index (χ0) is 13.0. The van der Waals surface area contributed by atoms with Crippen molar-refractivity contribution < 1.29 is 4.74 Å². The van der Waals surface area contributed by atoms with Gasteiger partial charge >= 0.3 is 0 Å². The first kappa shape index (κ1) is 13.9. The van der Waals surface area contributed by atoms with Gasteiger partial charge in [0.05, 0.1) is 17.7 Å². The Morgan fingerprint density at radius 1 is 1.67 bits per heavy atom. The standard InChI is InChI=1S/C13H23N3OS/c1-3-4-16-5-6-17-12(8-16)11(14)7-13-15-10(2)9-18-13/h9,11-12H,3-8,14H2,1-2H3. The first-order chi connectivity index (χ1) is 8.69. The summed E-state index contributed by atoms with van der Waals surface area (Å²) in [4.78, 5) is 6.92. The molecule has 1 aliphatic heterocycles. The molecule has 5 heteroatoms. The molecule has 1 saturated heterocycles. The SMILES string of the molecule is CCCN1CCOC(C(N)Cc2nc(C)cs2)C1. The Balaban J connectivity index is 1.86. The summed E-state index contributed by atoms with van der Waals surface area (Å²) >= 11 is 1.69. The summed E-state index contributed by atoms with van der Waals surface area (Å²) in [5.41, 5.74) is 7.35. The van der Waals surface area contributed by atoms with Crippen molar-refractivity contribution in [1.82, 2.24) is 9.88 Å². The first-order valence-electron chi connectivity index (χ1n) is 6.69. The van der Waals surface area contributed by atoms with Gasteiger partial charge in [0, 0.05) is 36.6 Å². The number of thiazole rings is 1. The molecule has 1 aliphatic rings. The number of aromatic nitrogens is 1. The molecular weight excluding hydrogens is 246 g/mol. The molecule has 0 aliphatic carbocycles. The van der Waals surface area contributed by atoms with Gasteiger partial charge in [-0.2, -0.15) is 0 Å². The highest BCUT2D eigenvalue weighted by Crippen LogP contribution is 2.15. The predicted octanol–water partition coefficient (Wildman–Crippen LogP) is 1.43. The third-order valence-electron chi connectivity index (χ3n) is 3.27. The molecule has 2 N–H and O–H groups in total. The largest absolute Gasteiger partial charge is 0.374 e. The highest BCUT2D eigenvalue weighted by atomic mass is 32.1. The number of hydrogen-bond acceptors (Lipinski definition) is 5. The van der Waals surface area contributed by atoms with Crippen LogP contribution in [0.1, 0.15) is 24.0 Å². The van der Waals surface area contributed by atoms with Gasteiger partial charge in [-0.3, -0.25) is 4.90 Å². The van der Waals surface area contributed by atoms with Gasteiger partial charge < -0.3 is 10.5 Å². The Morgan fingerprint density at radius 2 is 2.50 bits per heavy atom. The summed E-state index contributed by atoms with van der Waals surface area (Å²) in [5, 5.41) is 3.20. The Morgan fingerprint density at radius 3 is 3.17 bits per heavy atom. The number of hydrogen-bond donors (Lipinski definition) is 1. The topological polar surface area (TPSA) is 51.4 Å². The molecule has 2 heterocycles. The number of nitrogens with two attached hydrogens (primary N) is 1. The summed E-state index contributed by atoms with van der Waals surface area (Å²) < 4.78 is 5.81. The van der Waals surface area contributed by atoms with Crippen LogP contribution < -0.4 is 5.73 Å². The average molecular weight is 269 g/mol. The molecule has 0 bridgehead atoms. The van der Waals surface area contributed by atoms with Crippen LogP contribution in [-0.4, -0.2) is 48.3 Å². The van der Waals surface area contributed by atoms with E-state index in [1.807, 2.05) is 6.92 Å². The van der Waals surface area contributed by atoms with Crippen molar-refractivity contribution in [1.29, 1.82) is 0 Å². The van der Waals surface area contributed by atoms with E-state index >= 15 is 0 Å². The van der Waals surface area contributed by atoms with Gasteiger partial charge in [0.2, 0.25) is 0 Å². The lowest BCUT2D eigenvalue weighted by Crippen LogP contribution is -2.51. The molecule has 1 aromatic heterocycles. The van der Waals surface area contributed by atoms with E-state index in [1.165, 1.54) is 6.42 Å². The van der Waals surface area contributed by atoms with Crippen LogP contribution in [0.5, 0.6) is 0 Å². The van der Waals surface area contributed by atoms with E-state index in [0.717, 1.165) is 43.4 Å². The van der Waals surface area contributed by atoms with Crippen molar-refractivity contribution in [2.24, 2.45) is 5.73 Å². The van der Waals surface area contributed by atoms with Gasteiger partial charge in [-0.15, -0.1) is 11.3 Å². The molecule has 0 amide bonds. The van der Waals surface area contributed by atoms with E-state index in [1.54, 1.807) is 11.3 Å². The maximum absolute atomic E-state index is 6.26. The van der Waals surface area contributed by atoms with Crippen LogP contribution in [-0.2, 0) is 11.2 Å². The molecule has 1 fully saturated rings. The molecule has 0 aromatic carbocycles. The minimum Gasteiger partial charge on any atom is -0.374 e.